The zero-order valence-electron chi connectivity index (χ0n) is 5.28. The van der Waals surface area contributed by atoms with Crippen molar-refractivity contribution in [3.63, 3.8) is 0 Å². The molecule has 0 atom stereocenters. The van der Waals surface area contributed by atoms with Gasteiger partial charge in [-0.15, -0.1) is 11.3 Å². The second-order valence-corrected chi connectivity index (χ2v) is 2.77. The molecule has 0 fully saturated rings. The molecule has 10 heavy (non-hydrogen) atoms. The van der Waals surface area contributed by atoms with Gasteiger partial charge in [0.05, 0.1) is 6.54 Å². The lowest BCUT2D eigenvalue weighted by Crippen LogP contribution is -2.21. The first-order valence-corrected chi connectivity index (χ1v) is 3.66. The van der Waals surface area contributed by atoms with E-state index in [1.54, 1.807) is 11.3 Å². The zero-order valence-corrected chi connectivity index (χ0v) is 6.10. The molecule has 0 saturated heterocycles. The van der Waals surface area contributed by atoms with E-state index in [9.17, 15) is 4.79 Å². The number of carbonyl (C=O) groups excluding carboxylic acids is 1. The third kappa shape index (κ3) is 2.06. The minimum Gasteiger partial charge on any atom is -0.350 e. The molecular weight excluding hydrogens is 148 g/mol. The highest BCUT2D eigenvalue weighted by molar-refractivity contribution is 7.09. The van der Waals surface area contributed by atoms with E-state index in [1.165, 1.54) is 0 Å². The summed E-state index contributed by atoms with van der Waals surface area (Å²) in [5.74, 6) is 0. The van der Waals surface area contributed by atoms with E-state index >= 15 is 0 Å². The molecular formula is C6H7N2OS. The molecule has 0 aliphatic rings. The van der Waals surface area contributed by atoms with Crippen molar-refractivity contribution in [2.24, 2.45) is 5.73 Å². The molecule has 0 aromatic carbocycles. The Morgan fingerprint density at radius 3 is 3.10 bits per heavy atom. The molecule has 2 N–H and O–H groups in total. The summed E-state index contributed by atoms with van der Waals surface area (Å²) in [6.45, 7) is 0.410. The highest BCUT2D eigenvalue weighted by atomic mass is 32.1. The zero-order chi connectivity index (χ0) is 7.40. The lowest BCUT2D eigenvalue weighted by molar-refractivity contribution is 0.248. The van der Waals surface area contributed by atoms with Gasteiger partial charge in [-0.1, -0.05) is 6.07 Å². The SMILES string of the molecule is NC(=O)[N]Cc1cccs1. The first kappa shape index (κ1) is 7.08. The van der Waals surface area contributed by atoms with Crippen LogP contribution in [0, 0.1) is 0 Å². The number of hydrogen-bond donors (Lipinski definition) is 1. The number of thiophene rings is 1. The average molecular weight is 155 g/mol. The van der Waals surface area contributed by atoms with Crippen LogP contribution in [0.1, 0.15) is 4.88 Å². The van der Waals surface area contributed by atoms with Gasteiger partial charge >= 0.3 is 6.03 Å². The van der Waals surface area contributed by atoms with Gasteiger partial charge in [0, 0.05) is 4.88 Å². The second kappa shape index (κ2) is 3.22. The van der Waals surface area contributed by atoms with E-state index in [0.717, 1.165) is 4.88 Å². The molecule has 0 aliphatic carbocycles. The van der Waals surface area contributed by atoms with Gasteiger partial charge < -0.3 is 5.73 Å². The Balaban J connectivity index is 2.35. The number of nitrogens with zero attached hydrogens (tertiary/aromatic N) is 1. The fourth-order valence-electron chi connectivity index (χ4n) is 0.558. The largest absolute Gasteiger partial charge is 0.350 e. The van der Waals surface area contributed by atoms with Crippen LogP contribution in [-0.4, -0.2) is 6.03 Å². The molecule has 3 nitrogen and oxygen atoms in total. The summed E-state index contributed by atoms with van der Waals surface area (Å²) in [5, 5.41) is 5.45. The summed E-state index contributed by atoms with van der Waals surface area (Å²) in [6.07, 6.45) is 0. The maximum absolute atomic E-state index is 10.2. The number of nitrogens with two attached hydrogens (primary N) is 1. The van der Waals surface area contributed by atoms with E-state index in [2.05, 4.69) is 5.32 Å². The van der Waals surface area contributed by atoms with Crippen molar-refractivity contribution in [1.29, 1.82) is 0 Å². The van der Waals surface area contributed by atoms with E-state index in [4.69, 9.17) is 5.73 Å². The first-order chi connectivity index (χ1) is 4.79. The smallest absolute Gasteiger partial charge is 0.334 e. The number of urea groups is 1. The monoisotopic (exact) mass is 155 g/mol. The Morgan fingerprint density at radius 2 is 2.60 bits per heavy atom. The summed E-state index contributed by atoms with van der Waals surface area (Å²) >= 11 is 1.56. The fraction of sp³-hybridized carbons (Fsp3) is 0.167. The molecule has 1 aromatic rings. The topological polar surface area (TPSA) is 57.2 Å². The molecule has 0 bridgehead atoms. The molecule has 0 saturated carbocycles. The van der Waals surface area contributed by atoms with Crippen molar-refractivity contribution >= 4 is 17.4 Å². The van der Waals surface area contributed by atoms with Crippen LogP contribution < -0.4 is 11.1 Å². The highest BCUT2D eigenvalue weighted by Gasteiger charge is 1.95. The molecule has 0 unspecified atom stereocenters. The van der Waals surface area contributed by atoms with Crippen LogP contribution in [0.4, 0.5) is 4.79 Å². The average Bonchev–Trinajstić information content (AvgIpc) is 2.34. The van der Waals surface area contributed by atoms with Crippen molar-refractivity contribution in [2.45, 2.75) is 6.54 Å². The van der Waals surface area contributed by atoms with Gasteiger partial charge in [-0.3, -0.25) is 0 Å². The summed E-state index contributed by atoms with van der Waals surface area (Å²) < 4.78 is 0. The van der Waals surface area contributed by atoms with E-state index in [1.807, 2.05) is 17.5 Å². The van der Waals surface area contributed by atoms with Gasteiger partial charge in [0.15, 0.2) is 0 Å². The summed E-state index contributed by atoms with van der Waals surface area (Å²) in [6, 6.07) is 3.22. The molecule has 0 aliphatic heterocycles. The van der Waals surface area contributed by atoms with E-state index < -0.39 is 6.03 Å². The maximum atomic E-state index is 10.2. The van der Waals surface area contributed by atoms with Gasteiger partial charge in [-0.25, -0.2) is 10.1 Å². The number of hydrogen-bond acceptors (Lipinski definition) is 2. The lowest BCUT2D eigenvalue weighted by atomic mass is 10.5. The van der Waals surface area contributed by atoms with Gasteiger partial charge in [0.25, 0.3) is 0 Å². The molecule has 1 heterocycles. The highest BCUT2D eigenvalue weighted by Crippen LogP contribution is 2.07. The second-order valence-electron chi connectivity index (χ2n) is 1.73. The number of primary amides is 1. The quantitative estimate of drug-likeness (QED) is 0.678. The maximum Gasteiger partial charge on any atom is 0.334 e. The minimum absolute atomic E-state index is 0.410. The number of amides is 2. The van der Waals surface area contributed by atoms with Gasteiger partial charge in [-0.05, 0) is 11.4 Å². The molecule has 1 aromatic heterocycles. The van der Waals surface area contributed by atoms with Crippen LogP contribution in [0.25, 0.3) is 0 Å². The molecule has 53 valence electrons. The fourth-order valence-corrected chi connectivity index (χ4v) is 1.19. The van der Waals surface area contributed by atoms with Crippen LogP contribution in [0.5, 0.6) is 0 Å². The predicted octanol–water partition coefficient (Wildman–Crippen LogP) is 0.931. The third-order valence-corrected chi connectivity index (χ3v) is 1.83. The van der Waals surface area contributed by atoms with Crippen LogP contribution in [0.2, 0.25) is 0 Å². The van der Waals surface area contributed by atoms with Crippen LogP contribution >= 0.6 is 11.3 Å². The van der Waals surface area contributed by atoms with Crippen LogP contribution in [0.15, 0.2) is 17.5 Å². The Hall–Kier alpha value is -1.03. The van der Waals surface area contributed by atoms with Crippen molar-refractivity contribution in [3.05, 3.63) is 22.4 Å². The number of rotatable bonds is 2. The van der Waals surface area contributed by atoms with Gasteiger partial charge in [-0.2, -0.15) is 0 Å². The Kier molecular flexibility index (Phi) is 2.28. The number of carbonyl (C=O) groups is 1. The normalized spacial score (nSPS) is 9.20. The molecule has 1 radical (unpaired) electrons. The Morgan fingerprint density at radius 1 is 1.80 bits per heavy atom. The molecule has 2 amide bonds. The third-order valence-electron chi connectivity index (χ3n) is 0.971. The van der Waals surface area contributed by atoms with Crippen molar-refractivity contribution in [3.8, 4) is 0 Å². The summed E-state index contributed by atoms with van der Waals surface area (Å²) in [7, 11) is 0. The van der Waals surface area contributed by atoms with Crippen molar-refractivity contribution in [2.75, 3.05) is 0 Å². The Bertz CT molecular complexity index is 208. The van der Waals surface area contributed by atoms with Gasteiger partial charge in [0.1, 0.15) is 0 Å². The predicted molar refractivity (Wildman–Crippen MR) is 39.7 cm³/mol. The first-order valence-electron chi connectivity index (χ1n) is 2.78. The van der Waals surface area contributed by atoms with Crippen molar-refractivity contribution in [1.82, 2.24) is 5.32 Å². The van der Waals surface area contributed by atoms with Gasteiger partial charge in [0.2, 0.25) is 0 Å². The molecule has 1 rings (SSSR count). The van der Waals surface area contributed by atoms with Crippen LogP contribution in [-0.2, 0) is 6.54 Å². The summed E-state index contributed by atoms with van der Waals surface area (Å²) in [4.78, 5) is 11.2. The van der Waals surface area contributed by atoms with Crippen LogP contribution in [0.3, 0.4) is 0 Å². The van der Waals surface area contributed by atoms with Crippen molar-refractivity contribution < 1.29 is 4.79 Å². The Labute approximate surface area is 62.9 Å². The molecule has 4 heteroatoms. The molecule has 0 spiro atoms. The van der Waals surface area contributed by atoms with E-state index in [-0.39, 0.29) is 0 Å². The summed E-state index contributed by atoms with van der Waals surface area (Å²) in [5.41, 5.74) is 4.81. The lowest BCUT2D eigenvalue weighted by Gasteiger charge is -1.91. The standard InChI is InChI=1S/C6H7N2OS/c7-6(9)8-4-5-2-1-3-10-5/h1-3H,4H2,(H2,7,9). The minimum atomic E-state index is -0.603. The van der Waals surface area contributed by atoms with E-state index in [0.29, 0.717) is 6.54 Å².